The van der Waals surface area contributed by atoms with Crippen LogP contribution >= 0.6 is 11.8 Å². The van der Waals surface area contributed by atoms with E-state index in [9.17, 15) is 9.18 Å². The molecule has 0 radical (unpaired) electrons. The van der Waals surface area contributed by atoms with E-state index in [1.807, 2.05) is 6.07 Å². The number of carbonyl (C=O) groups excluding carboxylic acids is 1. The van der Waals surface area contributed by atoms with E-state index >= 15 is 0 Å². The Morgan fingerprint density at radius 2 is 2.38 bits per heavy atom. The van der Waals surface area contributed by atoms with E-state index in [1.54, 1.807) is 23.9 Å². The Kier molecular flexibility index (Phi) is 5.65. The molecule has 2 rings (SSSR count). The molecular formula is C16H23FN2OS. The fourth-order valence-electron chi connectivity index (χ4n) is 2.89. The van der Waals surface area contributed by atoms with Crippen molar-refractivity contribution >= 4 is 17.7 Å². The van der Waals surface area contributed by atoms with Gasteiger partial charge >= 0.3 is 0 Å². The van der Waals surface area contributed by atoms with Crippen LogP contribution in [0.15, 0.2) is 29.2 Å². The van der Waals surface area contributed by atoms with E-state index in [0.29, 0.717) is 6.42 Å². The van der Waals surface area contributed by atoms with Crippen LogP contribution in [0.4, 0.5) is 4.39 Å². The molecule has 1 aliphatic carbocycles. The van der Waals surface area contributed by atoms with E-state index in [4.69, 9.17) is 5.73 Å². The Labute approximate surface area is 129 Å². The predicted octanol–water partition coefficient (Wildman–Crippen LogP) is 3.08. The molecule has 116 valence electrons. The summed E-state index contributed by atoms with van der Waals surface area (Å²) in [7, 11) is 0. The SMILES string of the molecule is CCCNC1(C(N)=O)CCCC(Sc2cccc(F)c2)C1. The zero-order valence-corrected chi connectivity index (χ0v) is 13.2. The van der Waals surface area contributed by atoms with Crippen molar-refractivity contribution in [3.63, 3.8) is 0 Å². The van der Waals surface area contributed by atoms with Gasteiger partial charge in [-0.15, -0.1) is 11.8 Å². The summed E-state index contributed by atoms with van der Waals surface area (Å²) < 4.78 is 13.3. The number of primary amides is 1. The van der Waals surface area contributed by atoms with Gasteiger partial charge in [0.1, 0.15) is 5.82 Å². The van der Waals surface area contributed by atoms with Crippen LogP contribution in [0.2, 0.25) is 0 Å². The second-order valence-corrected chi connectivity index (χ2v) is 7.04. The lowest BCUT2D eigenvalue weighted by molar-refractivity contribution is -0.125. The maximum absolute atomic E-state index is 13.3. The molecule has 5 heteroatoms. The molecule has 2 unspecified atom stereocenters. The van der Waals surface area contributed by atoms with Crippen LogP contribution in [0.5, 0.6) is 0 Å². The standard InChI is InChI=1S/C16H23FN2OS/c1-2-9-19-16(15(18)20)8-4-7-14(11-16)21-13-6-3-5-12(17)10-13/h3,5-6,10,14,19H,2,4,7-9,11H2,1H3,(H2,18,20). The molecule has 0 bridgehead atoms. The molecule has 2 atom stereocenters. The van der Waals surface area contributed by atoms with Gasteiger partial charge in [0.05, 0.1) is 5.54 Å². The highest BCUT2D eigenvalue weighted by molar-refractivity contribution is 8.00. The number of benzene rings is 1. The summed E-state index contributed by atoms with van der Waals surface area (Å²) in [6.07, 6.45) is 4.47. The normalized spacial score (nSPS) is 25.7. The van der Waals surface area contributed by atoms with Gasteiger partial charge in [-0.2, -0.15) is 0 Å². The van der Waals surface area contributed by atoms with Crippen molar-refractivity contribution in [2.24, 2.45) is 5.73 Å². The molecule has 1 fully saturated rings. The number of thioether (sulfide) groups is 1. The minimum absolute atomic E-state index is 0.221. The van der Waals surface area contributed by atoms with Crippen molar-refractivity contribution in [3.8, 4) is 0 Å². The third-order valence-electron chi connectivity index (χ3n) is 3.99. The molecule has 1 aliphatic rings. The molecule has 1 aromatic rings. The zero-order chi connectivity index (χ0) is 15.3. The Hall–Kier alpha value is -1.07. The van der Waals surface area contributed by atoms with Gasteiger partial charge in [0.25, 0.3) is 0 Å². The summed E-state index contributed by atoms with van der Waals surface area (Å²) in [6, 6.07) is 6.62. The van der Waals surface area contributed by atoms with Crippen molar-refractivity contribution in [2.75, 3.05) is 6.54 Å². The van der Waals surface area contributed by atoms with E-state index < -0.39 is 5.54 Å². The highest BCUT2D eigenvalue weighted by Gasteiger charge is 2.41. The second kappa shape index (κ2) is 7.27. The molecule has 0 heterocycles. The summed E-state index contributed by atoms with van der Waals surface area (Å²) in [4.78, 5) is 12.8. The van der Waals surface area contributed by atoms with Crippen molar-refractivity contribution in [1.82, 2.24) is 5.32 Å². The van der Waals surface area contributed by atoms with Gasteiger partial charge in [0, 0.05) is 10.1 Å². The second-order valence-electron chi connectivity index (χ2n) is 5.67. The van der Waals surface area contributed by atoms with Crippen LogP contribution in [-0.4, -0.2) is 23.2 Å². The Bertz CT molecular complexity index is 497. The van der Waals surface area contributed by atoms with Crippen LogP contribution in [0.25, 0.3) is 0 Å². The Morgan fingerprint density at radius 3 is 3.05 bits per heavy atom. The van der Waals surface area contributed by atoms with Crippen LogP contribution < -0.4 is 11.1 Å². The first-order valence-corrected chi connectivity index (χ1v) is 8.41. The number of rotatable bonds is 6. The largest absolute Gasteiger partial charge is 0.368 e. The Balaban J connectivity index is 2.06. The predicted molar refractivity (Wildman–Crippen MR) is 84.7 cm³/mol. The monoisotopic (exact) mass is 310 g/mol. The van der Waals surface area contributed by atoms with Gasteiger partial charge in [-0.3, -0.25) is 4.79 Å². The maximum atomic E-state index is 13.3. The van der Waals surface area contributed by atoms with Crippen LogP contribution in [0.3, 0.4) is 0 Å². The molecule has 0 spiro atoms. The van der Waals surface area contributed by atoms with Crippen molar-refractivity contribution < 1.29 is 9.18 Å². The topological polar surface area (TPSA) is 55.1 Å². The number of carbonyl (C=O) groups is 1. The fourth-order valence-corrected chi connectivity index (χ4v) is 4.27. The van der Waals surface area contributed by atoms with E-state index in [-0.39, 0.29) is 17.0 Å². The summed E-state index contributed by atoms with van der Waals surface area (Å²) in [6.45, 7) is 2.86. The lowest BCUT2D eigenvalue weighted by Gasteiger charge is -2.39. The molecule has 21 heavy (non-hydrogen) atoms. The quantitative estimate of drug-likeness (QED) is 0.849. The molecule has 3 N–H and O–H groups in total. The molecule has 3 nitrogen and oxygen atoms in total. The van der Waals surface area contributed by atoms with Gasteiger partial charge < -0.3 is 11.1 Å². The van der Waals surface area contributed by atoms with Gasteiger partial charge in [0.2, 0.25) is 5.91 Å². The van der Waals surface area contributed by atoms with E-state index in [0.717, 1.165) is 37.1 Å². The number of amides is 1. The summed E-state index contributed by atoms with van der Waals surface area (Å²) in [5.41, 5.74) is 5.05. The average molecular weight is 310 g/mol. The minimum atomic E-state index is -0.598. The highest BCUT2D eigenvalue weighted by atomic mass is 32.2. The first-order valence-electron chi connectivity index (χ1n) is 7.53. The van der Waals surface area contributed by atoms with Crippen molar-refractivity contribution in [2.45, 2.75) is 54.7 Å². The summed E-state index contributed by atoms with van der Waals surface area (Å²) in [5.74, 6) is -0.485. The number of nitrogens with two attached hydrogens (primary N) is 1. The van der Waals surface area contributed by atoms with Gasteiger partial charge in [-0.25, -0.2) is 4.39 Å². The molecule has 0 aliphatic heterocycles. The zero-order valence-electron chi connectivity index (χ0n) is 12.4. The number of nitrogens with one attached hydrogen (secondary N) is 1. The number of hydrogen-bond donors (Lipinski definition) is 2. The molecular weight excluding hydrogens is 287 g/mol. The van der Waals surface area contributed by atoms with Crippen LogP contribution in [-0.2, 0) is 4.79 Å². The molecule has 1 aromatic carbocycles. The minimum Gasteiger partial charge on any atom is -0.368 e. The first kappa shape index (κ1) is 16.3. The van der Waals surface area contributed by atoms with Crippen LogP contribution in [0, 0.1) is 5.82 Å². The van der Waals surface area contributed by atoms with Gasteiger partial charge in [-0.05, 0) is 56.8 Å². The highest BCUT2D eigenvalue weighted by Crippen LogP contribution is 2.38. The summed E-state index contributed by atoms with van der Waals surface area (Å²) >= 11 is 1.64. The van der Waals surface area contributed by atoms with E-state index in [1.165, 1.54) is 6.07 Å². The molecule has 0 aromatic heterocycles. The fraction of sp³-hybridized carbons (Fsp3) is 0.562. The van der Waals surface area contributed by atoms with Crippen LogP contribution in [0.1, 0.15) is 39.0 Å². The number of hydrogen-bond acceptors (Lipinski definition) is 3. The summed E-state index contributed by atoms with van der Waals surface area (Å²) in [5, 5.41) is 3.64. The average Bonchev–Trinajstić information content (AvgIpc) is 2.45. The van der Waals surface area contributed by atoms with Gasteiger partial charge in [0.15, 0.2) is 0 Å². The first-order chi connectivity index (χ1) is 10.1. The van der Waals surface area contributed by atoms with Gasteiger partial charge in [-0.1, -0.05) is 13.0 Å². The molecule has 1 amide bonds. The Morgan fingerprint density at radius 1 is 1.57 bits per heavy atom. The molecule has 0 saturated heterocycles. The smallest absolute Gasteiger partial charge is 0.237 e. The lowest BCUT2D eigenvalue weighted by Crippen LogP contribution is -2.58. The number of halogens is 1. The van der Waals surface area contributed by atoms with Crippen molar-refractivity contribution in [1.29, 1.82) is 0 Å². The molecule has 1 saturated carbocycles. The van der Waals surface area contributed by atoms with Crippen molar-refractivity contribution in [3.05, 3.63) is 30.1 Å². The maximum Gasteiger partial charge on any atom is 0.237 e. The third kappa shape index (κ3) is 4.20. The lowest BCUT2D eigenvalue weighted by atomic mass is 9.80. The van der Waals surface area contributed by atoms with E-state index in [2.05, 4.69) is 12.2 Å². The third-order valence-corrected chi connectivity index (χ3v) is 5.25.